The number of nitrogens with zero attached hydrogens (tertiary/aromatic N) is 1. The molecule has 0 aromatic carbocycles. The first-order valence-electron chi connectivity index (χ1n) is 5.60. The average Bonchev–Trinajstić information content (AvgIpc) is 2.71. The van der Waals surface area contributed by atoms with Crippen LogP contribution in [0.2, 0.25) is 6.04 Å². The summed E-state index contributed by atoms with van der Waals surface area (Å²) in [7, 11) is 2.38. The second kappa shape index (κ2) is 6.34. The summed E-state index contributed by atoms with van der Waals surface area (Å²) in [5, 5.41) is 0. The number of hydrogen-bond acceptors (Lipinski definition) is 4. The van der Waals surface area contributed by atoms with Crippen molar-refractivity contribution < 1.29 is 18.1 Å². The number of hydrogen-bond donors (Lipinski definition) is 0. The highest BCUT2D eigenvalue weighted by molar-refractivity contribution is 6.60. The molecule has 0 aliphatic carbocycles. The molecule has 1 fully saturated rings. The summed E-state index contributed by atoms with van der Waals surface area (Å²) >= 11 is 0. The van der Waals surface area contributed by atoms with E-state index in [1.807, 2.05) is 4.90 Å². The van der Waals surface area contributed by atoms with Gasteiger partial charge in [-0.1, -0.05) is 0 Å². The quantitative estimate of drug-likeness (QED) is 0.627. The molecule has 0 saturated carbocycles. The van der Waals surface area contributed by atoms with Crippen LogP contribution >= 0.6 is 0 Å². The van der Waals surface area contributed by atoms with Gasteiger partial charge in [0.1, 0.15) is 0 Å². The molecule has 0 aromatic rings. The molecule has 1 rings (SSSR count). The van der Waals surface area contributed by atoms with Gasteiger partial charge in [0.25, 0.3) is 0 Å². The monoisotopic (exact) mass is 247 g/mol. The van der Waals surface area contributed by atoms with E-state index in [-0.39, 0.29) is 5.91 Å². The highest BCUT2D eigenvalue weighted by atomic mass is 28.4. The van der Waals surface area contributed by atoms with E-state index in [1.54, 1.807) is 21.3 Å². The number of rotatable bonds is 7. The third-order valence-electron chi connectivity index (χ3n) is 3.02. The van der Waals surface area contributed by atoms with Gasteiger partial charge in [-0.3, -0.25) is 4.79 Å². The molecule has 6 heteroatoms. The number of carbonyl (C=O) groups excluding carboxylic acids is 1. The zero-order valence-corrected chi connectivity index (χ0v) is 11.3. The van der Waals surface area contributed by atoms with E-state index in [9.17, 15) is 4.79 Å². The van der Waals surface area contributed by atoms with E-state index in [4.69, 9.17) is 13.3 Å². The van der Waals surface area contributed by atoms with Gasteiger partial charge in [-0.25, -0.2) is 0 Å². The Hall–Kier alpha value is -0.433. The maximum absolute atomic E-state index is 11.4. The summed E-state index contributed by atoms with van der Waals surface area (Å²) in [4.78, 5) is 13.3. The van der Waals surface area contributed by atoms with Gasteiger partial charge in [-0.05, 0) is 12.8 Å². The molecule has 0 unspecified atom stereocenters. The highest BCUT2D eigenvalue weighted by Gasteiger charge is 2.37. The lowest BCUT2D eigenvalue weighted by Crippen LogP contribution is -2.43. The molecule has 0 spiro atoms. The van der Waals surface area contributed by atoms with Crippen LogP contribution in [0.1, 0.15) is 19.3 Å². The molecule has 0 atom stereocenters. The summed E-state index contributed by atoms with van der Waals surface area (Å²) in [5.74, 6) is 0.263. The first kappa shape index (κ1) is 13.6. The average molecular weight is 247 g/mol. The predicted octanol–water partition coefficient (Wildman–Crippen LogP) is 0.877. The van der Waals surface area contributed by atoms with Gasteiger partial charge in [-0.15, -0.1) is 0 Å². The molecule has 0 radical (unpaired) electrons. The summed E-state index contributed by atoms with van der Waals surface area (Å²) < 4.78 is 16.0. The molecule has 0 N–H and O–H groups in total. The van der Waals surface area contributed by atoms with Crippen LogP contribution < -0.4 is 0 Å². The van der Waals surface area contributed by atoms with E-state index < -0.39 is 8.80 Å². The Morgan fingerprint density at radius 1 is 1.25 bits per heavy atom. The fraction of sp³-hybridized carbons (Fsp3) is 0.900. The Morgan fingerprint density at radius 2 is 1.88 bits per heavy atom. The molecule has 1 amide bonds. The van der Waals surface area contributed by atoms with Crippen LogP contribution in [0, 0.1) is 0 Å². The van der Waals surface area contributed by atoms with E-state index in [0.29, 0.717) is 6.42 Å². The van der Waals surface area contributed by atoms with Crippen molar-refractivity contribution in [2.24, 2.45) is 0 Å². The standard InChI is InChI=1S/C10H21NO4Si/c1-13-16(14-2,15-3)9-5-8-11-7-4-6-10(11)12/h4-9H2,1-3H3. The predicted molar refractivity (Wildman–Crippen MR) is 62.0 cm³/mol. The van der Waals surface area contributed by atoms with Crippen molar-refractivity contribution in [1.82, 2.24) is 4.90 Å². The minimum Gasteiger partial charge on any atom is -0.377 e. The lowest BCUT2D eigenvalue weighted by atomic mass is 10.4. The molecule has 0 aromatic heterocycles. The van der Waals surface area contributed by atoms with Crippen LogP contribution in [-0.4, -0.2) is 54.0 Å². The van der Waals surface area contributed by atoms with E-state index >= 15 is 0 Å². The maximum atomic E-state index is 11.4. The summed E-state index contributed by atoms with van der Waals surface area (Å²) in [5.41, 5.74) is 0. The van der Waals surface area contributed by atoms with E-state index in [2.05, 4.69) is 0 Å². The summed E-state index contributed by atoms with van der Waals surface area (Å²) in [6.45, 7) is 1.67. The minimum absolute atomic E-state index is 0.263. The fourth-order valence-electron chi connectivity index (χ4n) is 1.98. The van der Waals surface area contributed by atoms with Gasteiger partial charge >= 0.3 is 8.80 Å². The van der Waals surface area contributed by atoms with E-state index in [0.717, 1.165) is 32.0 Å². The molecule has 1 heterocycles. The molecule has 1 saturated heterocycles. The van der Waals surface area contributed by atoms with Crippen LogP contribution in [0.15, 0.2) is 0 Å². The first-order chi connectivity index (χ1) is 7.67. The van der Waals surface area contributed by atoms with Gasteiger partial charge in [0.05, 0.1) is 0 Å². The van der Waals surface area contributed by atoms with Gasteiger partial charge in [0.15, 0.2) is 0 Å². The smallest absolute Gasteiger partial charge is 0.377 e. The SMILES string of the molecule is CO[Si](CCCN1CCCC1=O)(OC)OC. The molecule has 1 aliphatic heterocycles. The zero-order valence-electron chi connectivity index (χ0n) is 10.3. The van der Waals surface area contributed by atoms with Crippen molar-refractivity contribution in [2.45, 2.75) is 25.3 Å². The van der Waals surface area contributed by atoms with Crippen LogP contribution in [0.5, 0.6) is 0 Å². The normalized spacial score (nSPS) is 17.2. The minimum atomic E-state index is -2.45. The molecular weight excluding hydrogens is 226 g/mol. The Bertz CT molecular complexity index is 225. The topological polar surface area (TPSA) is 48.0 Å². The Balaban J connectivity index is 2.30. The van der Waals surface area contributed by atoms with Crippen molar-refractivity contribution in [3.8, 4) is 0 Å². The van der Waals surface area contributed by atoms with Crippen LogP contribution in [0.4, 0.5) is 0 Å². The third kappa shape index (κ3) is 3.28. The zero-order chi connectivity index (χ0) is 12.0. The van der Waals surface area contributed by atoms with Gasteiger partial charge < -0.3 is 18.2 Å². The van der Waals surface area contributed by atoms with Crippen molar-refractivity contribution in [3.05, 3.63) is 0 Å². The Morgan fingerprint density at radius 3 is 2.31 bits per heavy atom. The Kier molecular flexibility index (Phi) is 5.40. The van der Waals surface area contributed by atoms with Gasteiger partial charge in [-0.2, -0.15) is 0 Å². The lowest BCUT2D eigenvalue weighted by molar-refractivity contribution is -0.127. The number of carbonyl (C=O) groups is 1. The molecule has 16 heavy (non-hydrogen) atoms. The second-order valence-corrected chi connectivity index (χ2v) is 6.97. The molecular formula is C10H21NO4Si. The van der Waals surface area contributed by atoms with Crippen LogP contribution in [-0.2, 0) is 18.1 Å². The van der Waals surface area contributed by atoms with Crippen LogP contribution in [0.25, 0.3) is 0 Å². The number of amides is 1. The Labute approximate surface area is 98.0 Å². The third-order valence-corrected chi connectivity index (χ3v) is 5.85. The van der Waals surface area contributed by atoms with Gasteiger partial charge in [0.2, 0.25) is 5.91 Å². The van der Waals surface area contributed by atoms with Crippen molar-refractivity contribution in [2.75, 3.05) is 34.4 Å². The maximum Gasteiger partial charge on any atom is 0.500 e. The fourth-order valence-corrected chi connectivity index (χ4v) is 3.69. The lowest BCUT2D eigenvalue weighted by Gasteiger charge is -2.25. The summed E-state index contributed by atoms with van der Waals surface area (Å²) in [6.07, 6.45) is 2.55. The van der Waals surface area contributed by atoms with Crippen molar-refractivity contribution >= 4 is 14.7 Å². The molecule has 5 nitrogen and oxygen atoms in total. The second-order valence-electron chi connectivity index (χ2n) is 3.88. The van der Waals surface area contributed by atoms with Gasteiger partial charge in [0, 0.05) is 46.9 Å². The first-order valence-corrected chi connectivity index (χ1v) is 7.54. The molecule has 0 bridgehead atoms. The highest BCUT2D eigenvalue weighted by Crippen LogP contribution is 2.17. The number of likely N-dealkylation sites (tertiary alicyclic amines) is 1. The largest absolute Gasteiger partial charge is 0.500 e. The summed E-state index contributed by atoms with van der Waals surface area (Å²) in [6, 6.07) is 0.750. The van der Waals surface area contributed by atoms with E-state index in [1.165, 1.54) is 0 Å². The molecule has 1 aliphatic rings. The molecule has 94 valence electrons. The van der Waals surface area contributed by atoms with Crippen LogP contribution in [0.3, 0.4) is 0 Å². The van der Waals surface area contributed by atoms with Crippen molar-refractivity contribution in [1.29, 1.82) is 0 Å². The van der Waals surface area contributed by atoms with Crippen molar-refractivity contribution in [3.63, 3.8) is 0 Å².